The number of aryl methyl sites for hydroxylation is 1. The minimum atomic E-state index is -1.57. The van der Waals surface area contributed by atoms with Crippen molar-refractivity contribution in [2.75, 3.05) is 5.32 Å². The fraction of sp³-hybridized carbons (Fsp3) is 0.367. The Morgan fingerprint density at radius 1 is 1.15 bits per heavy atom. The van der Waals surface area contributed by atoms with Crippen molar-refractivity contribution in [3.05, 3.63) is 71.7 Å². The van der Waals surface area contributed by atoms with Crippen LogP contribution in [0.15, 0.2) is 60.2 Å². The van der Waals surface area contributed by atoms with Gasteiger partial charge in [0.05, 0.1) is 23.4 Å². The SMILES string of the molecule is CC(=O)C1CC1.CC/C=C(\C=C(/C)F)NC(=O)C(C)(C)C(=O)Nc1ccc(Oc2ccc3nc(C)cn3n2)cc1F. The van der Waals surface area contributed by atoms with Crippen LogP contribution in [0.2, 0.25) is 0 Å². The third kappa shape index (κ3) is 8.79. The highest BCUT2D eigenvalue weighted by Crippen LogP contribution is 2.29. The van der Waals surface area contributed by atoms with Gasteiger partial charge in [-0.15, -0.1) is 5.10 Å². The Balaban J connectivity index is 0.000000681. The smallest absolute Gasteiger partial charge is 0.239 e. The largest absolute Gasteiger partial charge is 0.437 e. The maximum Gasteiger partial charge on any atom is 0.239 e. The Kier molecular flexibility index (Phi) is 10.1. The van der Waals surface area contributed by atoms with Gasteiger partial charge in [0.15, 0.2) is 5.65 Å². The molecule has 2 aromatic heterocycles. The molecular weight excluding hydrogens is 532 g/mol. The molecule has 11 heteroatoms. The molecule has 0 unspecified atom stereocenters. The predicted octanol–water partition coefficient (Wildman–Crippen LogP) is 6.20. The summed E-state index contributed by atoms with van der Waals surface area (Å²) < 4.78 is 35.2. The second kappa shape index (κ2) is 13.3. The number of anilines is 1. The Labute approximate surface area is 237 Å². The summed E-state index contributed by atoms with van der Waals surface area (Å²) in [5, 5.41) is 9.23. The molecular formula is C30H35F2N5O4. The van der Waals surface area contributed by atoms with Crippen LogP contribution in [0.25, 0.3) is 5.65 Å². The number of amides is 2. The minimum Gasteiger partial charge on any atom is -0.437 e. The highest BCUT2D eigenvalue weighted by atomic mass is 19.1. The van der Waals surface area contributed by atoms with Crippen LogP contribution in [0.4, 0.5) is 14.5 Å². The molecule has 2 N–H and O–H groups in total. The number of nitrogens with one attached hydrogen (secondary N) is 2. The topological polar surface area (TPSA) is 115 Å². The van der Waals surface area contributed by atoms with E-state index in [0.717, 1.165) is 30.7 Å². The highest BCUT2D eigenvalue weighted by Gasteiger charge is 2.36. The van der Waals surface area contributed by atoms with Gasteiger partial charge in [-0.3, -0.25) is 14.4 Å². The van der Waals surface area contributed by atoms with Crippen molar-refractivity contribution < 1.29 is 27.9 Å². The summed E-state index contributed by atoms with van der Waals surface area (Å²) >= 11 is 0. The molecule has 0 bridgehead atoms. The van der Waals surface area contributed by atoms with Crippen LogP contribution in [-0.4, -0.2) is 32.2 Å². The van der Waals surface area contributed by atoms with E-state index in [1.165, 1.54) is 32.9 Å². The van der Waals surface area contributed by atoms with E-state index in [2.05, 4.69) is 20.7 Å². The van der Waals surface area contributed by atoms with Crippen molar-refractivity contribution in [1.82, 2.24) is 19.9 Å². The number of hydrogen-bond acceptors (Lipinski definition) is 6. The van der Waals surface area contributed by atoms with Crippen molar-refractivity contribution in [3.8, 4) is 11.6 Å². The number of fused-ring (bicyclic) bond motifs is 1. The van der Waals surface area contributed by atoms with E-state index in [-0.39, 0.29) is 23.0 Å². The number of ketones is 1. The molecule has 3 aromatic rings. The van der Waals surface area contributed by atoms with Gasteiger partial charge in [-0.2, -0.15) is 0 Å². The molecule has 41 heavy (non-hydrogen) atoms. The maximum absolute atomic E-state index is 14.7. The fourth-order valence-corrected chi connectivity index (χ4v) is 3.56. The summed E-state index contributed by atoms with van der Waals surface area (Å²) in [6.07, 6.45) is 7.36. The van der Waals surface area contributed by atoms with E-state index in [4.69, 9.17) is 4.74 Å². The summed E-state index contributed by atoms with van der Waals surface area (Å²) in [7, 11) is 0. The number of rotatable bonds is 9. The predicted molar refractivity (Wildman–Crippen MR) is 151 cm³/mol. The molecule has 2 heterocycles. The van der Waals surface area contributed by atoms with Crippen LogP contribution in [0.5, 0.6) is 11.6 Å². The van der Waals surface area contributed by atoms with Crippen LogP contribution in [0, 0.1) is 24.1 Å². The monoisotopic (exact) mass is 567 g/mol. The molecule has 2 amide bonds. The molecule has 218 valence electrons. The molecule has 1 aliphatic carbocycles. The number of benzene rings is 1. The number of halogens is 2. The third-order valence-corrected chi connectivity index (χ3v) is 6.15. The Hall–Kier alpha value is -4.41. The zero-order valence-electron chi connectivity index (χ0n) is 24.0. The van der Waals surface area contributed by atoms with Crippen LogP contribution in [-0.2, 0) is 14.4 Å². The first-order valence-electron chi connectivity index (χ1n) is 13.3. The number of aromatic nitrogens is 3. The molecule has 4 rings (SSSR count). The van der Waals surface area contributed by atoms with Crippen molar-refractivity contribution in [3.63, 3.8) is 0 Å². The molecule has 9 nitrogen and oxygen atoms in total. The number of allylic oxidation sites excluding steroid dienone is 3. The lowest BCUT2D eigenvalue weighted by atomic mass is 9.90. The lowest BCUT2D eigenvalue weighted by Gasteiger charge is -2.23. The number of nitrogens with zero attached hydrogens (tertiary/aromatic N) is 3. The Morgan fingerprint density at radius 3 is 2.41 bits per heavy atom. The van der Waals surface area contributed by atoms with Crippen LogP contribution < -0.4 is 15.4 Å². The van der Waals surface area contributed by atoms with Gasteiger partial charge in [0.25, 0.3) is 0 Å². The first kappa shape index (κ1) is 31.1. The van der Waals surface area contributed by atoms with Gasteiger partial charge in [-0.1, -0.05) is 13.0 Å². The van der Waals surface area contributed by atoms with E-state index >= 15 is 0 Å². The normalized spacial score (nSPS) is 13.8. The van der Waals surface area contributed by atoms with Crippen molar-refractivity contribution in [1.29, 1.82) is 0 Å². The Bertz CT molecular complexity index is 1500. The van der Waals surface area contributed by atoms with Gasteiger partial charge in [-0.25, -0.2) is 18.3 Å². The second-order valence-electron chi connectivity index (χ2n) is 10.3. The van der Waals surface area contributed by atoms with Crippen molar-refractivity contribution in [2.45, 2.75) is 60.8 Å². The van der Waals surface area contributed by atoms with Gasteiger partial charge in [0.1, 0.15) is 22.8 Å². The van der Waals surface area contributed by atoms with Crippen LogP contribution in [0.1, 0.15) is 59.6 Å². The number of carbonyl (C=O) groups is 3. The number of hydrogen-bond donors (Lipinski definition) is 2. The highest BCUT2D eigenvalue weighted by molar-refractivity contribution is 6.10. The lowest BCUT2D eigenvalue weighted by molar-refractivity contribution is -0.137. The van der Waals surface area contributed by atoms with Gasteiger partial charge < -0.3 is 15.4 Å². The second-order valence-corrected chi connectivity index (χ2v) is 10.3. The zero-order valence-corrected chi connectivity index (χ0v) is 24.0. The molecule has 0 aliphatic heterocycles. The average molecular weight is 568 g/mol. The van der Waals surface area contributed by atoms with E-state index in [1.807, 2.05) is 13.8 Å². The van der Waals surface area contributed by atoms with E-state index < -0.39 is 28.9 Å². The van der Waals surface area contributed by atoms with Crippen LogP contribution >= 0.6 is 0 Å². The summed E-state index contributed by atoms with van der Waals surface area (Å²) in [6.45, 7) is 9.36. The van der Waals surface area contributed by atoms with Crippen LogP contribution in [0.3, 0.4) is 0 Å². The lowest BCUT2D eigenvalue weighted by Crippen LogP contribution is -2.44. The van der Waals surface area contributed by atoms with E-state index in [1.54, 1.807) is 35.8 Å². The molecule has 1 fully saturated rings. The number of imidazole rings is 1. The van der Waals surface area contributed by atoms with E-state index in [9.17, 15) is 23.2 Å². The molecule has 0 saturated heterocycles. The van der Waals surface area contributed by atoms with Gasteiger partial charge in [-0.05, 0) is 78.2 Å². The van der Waals surface area contributed by atoms with Gasteiger partial charge in [0, 0.05) is 23.7 Å². The Morgan fingerprint density at radius 2 is 1.85 bits per heavy atom. The molecule has 0 atom stereocenters. The first-order chi connectivity index (χ1) is 19.3. The third-order valence-electron chi connectivity index (χ3n) is 6.15. The molecule has 1 aromatic carbocycles. The molecule has 1 saturated carbocycles. The summed E-state index contributed by atoms with van der Waals surface area (Å²) in [6, 6.07) is 7.23. The van der Waals surface area contributed by atoms with E-state index in [0.29, 0.717) is 23.8 Å². The number of ether oxygens (including phenoxy) is 1. The van der Waals surface area contributed by atoms with Gasteiger partial charge in [0.2, 0.25) is 17.7 Å². The fourth-order valence-electron chi connectivity index (χ4n) is 3.56. The quantitative estimate of drug-likeness (QED) is 0.235. The summed E-state index contributed by atoms with van der Waals surface area (Å²) in [5.74, 6) is -1.41. The standard InChI is InChI=1S/C25H27F2N5O3.C5H8O/c1-6-7-17(12-15(2)26)29-23(33)25(4,5)24(34)30-20-9-8-18(13-19(20)27)35-22-11-10-21-28-16(3)14-32(21)31-22;1-4(6)5-2-3-5/h7-14H,6H2,1-5H3,(H,29,33)(H,30,34);5H,2-3H2,1H3/b15-12+,17-7+;. The zero-order chi connectivity index (χ0) is 30.3. The number of carbonyl (C=O) groups excluding carboxylic acids is 3. The molecule has 0 radical (unpaired) electrons. The van der Waals surface area contributed by atoms with Gasteiger partial charge >= 0.3 is 0 Å². The van der Waals surface area contributed by atoms with Crippen molar-refractivity contribution >= 4 is 28.9 Å². The molecule has 0 spiro atoms. The first-order valence-corrected chi connectivity index (χ1v) is 13.3. The maximum atomic E-state index is 14.7. The minimum absolute atomic E-state index is 0.124. The summed E-state index contributed by atoms with van der Waals surface area (Å²) in [5.41, 5.74) is -0.0123. The molecule has 1 aliphatic rings. The van der Waals surface area contributed by atoms with Crippen molar-refractivity contribution in [2.24, 2.45) is 11.3 Å². The average Bonchev–Trinajstić information content (AvgIpc) is 3.67. The number of Topliss-reactive ketones (excluding diaryl/α,β-unsaturated/α-hetero) is 1. The summed E-state index contributed by atoms with van der Waals surface area (Å²) in [4.78, 5) is 40.0.